The van der Waals surface area contributed by atoms with Crippen molar-refractivity contribution in [1.29, 1.82) is 0 Å². The highest BCUT2D eigenvalue weighted by Gasteiger charge is 2.18. The largest absolute Gasteiger partial charge is 0.489 e. The molecule has 3 aromatic rings. The van der Waals surface area contributed by atoms with Crippen LogP contribution in [0.3, 0.4) is 0 Å². The standard InChI is InChI=1S/C18H19N5O4/c1-9(2)27-14-6-5-12(17(25)26)8-13(14)20-16(24)15-21-18-19-10(3)7-11(4)23(18)22-15/h5-9H,1-4H3,(H,20,24)(H,25,26). The second-order valence-electron chi connectivity index (χ2n) is 6.32. The van der Waals surface area contributed by atoms with Crippen molar-refractivity contribution < 1.29 is 19.4 Å². The monoisotopic (exact) mass is 369 g/mol. The molecule has 0 aliphatic heterocycles. The first-order valence-corrected chi connectivity index (χ1v) is 8.31. The molecule has 2 heterocycles. The molecule has 0 saturated heterocycles. The molecule has 9 heteroatoms. The Morgan fingerprint density at radius 1 is 1.19 bits per heavy atom. The number of carboxylic acids is 1. The van der Waals surface area contributed by atoms with Crippen LogP contribution in [0.2, 0.25) is 0 Å². The maximum Gasteiger partial charge on any atom is 0.335 e. The van der Waals surface area contributed by atoms with Gasteiger partial charge >= 0.3 is 5.97 Å². The minimum atomic E-state index is -1.11. The number of carbonyl (C=O) groups is 2. The lowest BCUT2D eigenvalue weighted by Crippen LogP contribution is -2.16. The highest BCUT2D eigenvalue weighted by Crippen LogP contribution is 2.27. The molecule has 27 heavy (non-hydrogen) atoms. The Balaban J connectivity index is 1.96. The van der Waals surface area contributed by atoms with Gasteiger partial charge in [-0.1, -0.05) is 0 Å². The van der Waals surface area contributed by atoms with E-state index in [1.165, 1.54) is 22.7 Å². The molecule has 1 aromatic carbocycles. The van der Waals surface area contributed by atoms with E-state index in [-0.39, 0.29) is 23.2 Å². The van der Waals surface area contributed by atoms with Crippen molar-refractivity contribution in [3.05, 3.63) is 47.0 Å². The number of aromatic carboxylic acids is 1. The van der Waals surface area contributed by atoms with Gasteiger partial charge in [0.25, 0.3) is 11.7 Å². The molecule has 0 fully saturated rings. The summed E-state index contributed by atoms with van der Waals surface area (Å²) >= 11 is 0. The summed E-state index contributed by atoms with van der Waals surface area (Å²) in [6.07, 6.45) is -0.153. The number of hydrogen-bond donors (Lipinski definition) is 2. The fourth-order valence-electron chi connectivity index (χ4n) is 2.56. The van der Waals surface area contributed by atoms with Gasteiger partial charge in [0, 0.05) is 11.4 Å². The van der Waals surface area contributed by atoms with Gasteiger partial charge in [-0.2, -0.15) is 4.98 Å². The smallest absolute Gasteiger partial charge is 0.335 e. The summed E-state index contributed by atoms with van der Waals surface area (Å²) in [6.45, 7) is 7.33. The molecule has 0 bridgehead atoms. The minimum Gasteiger partial charge on any atom is -0.489 e. The summed E-state index contributed by atoms with van der Waals surface area (Å²) in [7, 11) is 0. The van der Waals surface area contributed by atoms with Crippen molar-refractivity contribution in [2.24, 2.45) is 0 Å². The van der Waals surface area contributed by atoms with Gasteiger partial charge in [-0.05, 0) is 52.0 Å². The zero-order valence-corrected chi connectivity index (χ0v) is 15.3. The summed E-state index contributed by atoms with van der Waals surface area (Å²) in [6, 6.07) is 6.08. The minimum absolute atomic E-state index is 0.0255. The van der Waals surface area contributed by atoms with Crippen LogP contribution in [0.15, 0.2) is 24.3 Å². The van der Waals surface area contributed by atoms with Crippen LogP contribution in [0.25, 0.3) is 5.78 Å². The highest BCUT2D eigenvalue weighted by atomic mass is 16.5. The number of fused-ring (bicyclic) bond motifs is 1. The summed E-state index contributed by atoms with van der Waals surface area (Å²) in [5.74, 6) is -1.10. The normalized spacial score (nSPS) is 11.0. The molecular weight excluding hydrogens is 350 g/mol. The molecule has 0 saturated carbocycles. The molecule has 140 valence electrons. The van der Waals surface area contributed by atoms with Crippen LogP contribution in [-0.4, -0.2) is 42.7 Å². The van der Waals surface area contributed by atoms with Crippen LogP contribution in [0, 0.1) is 13.8 Å². The molecule has 3 rings (SSSR count). The van der Waals surface area contributed by atoms with E-state index in [2.05, 4.69) is 20.4 Å². The van der Waals surface area contributed by atoms with Crippen LogP contribution in [0.4, 0.5) is 5.69 Å². The molecule has 0 unspecified atom stereocenters. The number of aromatic nitrogens is 4. The van der Waals surface area contributed by atoms with E-state index in [9.17, 15) is 14.7 Å². The van der Waals surface area contributed by atoms with Gasteiger partial charge in [0.1, 0.15) is 5.75 Å². The van der Waals surface area contributed by atoms with Gasteiger partial charge in [0.2, 0.25) is 5.82 Å². The second-order valence-corrected chi connectivity index (χ2v) is 6.32. The predicted molar refractivity (Wildman–Crippen MR) is 97.4 cm³/mol. The summed E-state index contributed by atoms with van der Waals surface area (Å²) in [4.78, 5) is 32.3. The number of anilines is 1. The van der Waals surface area contributed by atoms with Crippen molar-refractivity contribution >= 4 is 23.3 Å². The Hall–Kier alpha value is -3.49. The Labute approximate surface area is 155 Å². The lowest BCUT2D eigenvalue weighted by molar-refractivity contribution is 0.0696. The number of rotatable bonds is 5. The Kier molecular flexibility index (Phi) is 4.76. The van der Waals surface area contributed by atoms with E-state index in [0.717, 1.165) is 11.4 Å². The van der Waals surface area contributed by atoms with Crippen molar-refractivity contribution in [1.82, 2.24) is 19.6 Å². The third-order valence-electron chi connectivity index (χ3n) is 3.66. The Bertz CT molecular complexity index is 1040. The molecule has 9 nitrogen and oxygen atoms in total. The first-order chi connectivity index (χ1) is 12.7. The molecule has 2 aromatic heterocycles. The fourth-order valence-corrected chi connectivity index (χ4v) is 2.56. The number of ether oxygens (including phenoxy) is 1. The Morgan fingerprint density at radius 3 is 2.59 bits per heavy atom. The molecule has 0 aliphatic rings. The molecular formula is C18H19N5O4. The number of carboxylic acid groups (broad SMARTS) is 1. The van der Waals surface area contributed by atoms with Crippen LogP contribution in [0.5, 0.6) is 5.75 Å². The SMILES string of the molecule is Cc1cc(C)n2nc(C(=O)Nc3cc(C(=O)O)ccc3OC(C)C)nc2n1. The van der Waals surface area contributed by atoms with E-state index in [1.54, 1.807) is 0 Å². The molecule has 2 N–H and O–H groups in total. The number of amides is 1. The zero-order valence-electron chi connectivity index (χ0n) is 15.3. The number of hydrogen-bond acceptors (Lipinski definition) is 6. The molecule has 0 aliphatic carbocycles. The lowest BCUT2D eigenvalue weighted by atomic mass is 10.2. The van der Waals surface area contributed by atoms with Crippen molar-refractivity contribution in [2.75, 3.05) is 5.32 Å². The summed E-state index contributed by atoms with van der Waals surface area (Å²) < 4.78 is 7.12. The molecule has 1 amide bonds. The maximum atomic E-state index is 12.6. The third kappa shape index (κ3) is 3.86. The van der Waals surface area contributed by atoms with E-state index >= 15 is 0 Å². The van der Waals surface area contributed by atoms with Crippen molar-refractivity contribution in [2.45, 2.75) is 33.8 Å². The van der Waals surface area contributed by atoms with Gasteiger partial charge < -0.3 is 15.2 Å². The number of aryl methyl sites for hydroxylation is 2. The van der Waals surface area contributed by atoms with E-state index < -0.39 is 11.9 Å². The van der Waals surface area contributed by atoms with Crippen LogP contribution >= 0.6 is 0 Å². The third-order valence-corrected chi connectivity index (χ3v) is 3.66. The van der Waals surface area contributed by atoms with Gasteiger partial charge in [-0.15, -0.1) is 5.10 Å². The van der Waals surface area contributed by atoms with Gasteiger partial charge in [-0.25, -0.2) is 14.3 Å². The number of nitrogens with zero attached hydrogens (tertiary/aromatic N) is 4. The van der Waals surface area contributed by atoms with Gasteiger partial charge in [0.15, 0.2) is 0 Å². The highest BCUT2D eigenvalue weighted by molar-refractivity contribution is 6.03. The topological polar surface area (TPSA) is 119 Å². The summed E-state index contributed by atoms with van der Waals surface area (Å²) in [5.41, 5.74) is 1.81. The van der Waals surface area contributed by atoms with E-state index in [1.807, 2.05) is 33.8 Å². The van der Waals surface area contributed by atoms with Crippen LogP contribution in [0.1, 0.15) is 46.2 Å². The van der Waals surface area contributed by atoms with E-state index in [4.69, 9.17) is 4.74 Å². The molecule has 0 atom stereocenters. The van der Waals surface area contributed by atoms with E-state index in [0.29, 0.717) is 11.5 Å². The van der Waals surface area contributed by atoms with Crippen molar-refractivity contribution in [3.63, 3.8) is 0 Å². The predicted octanol–water partition coefficient (Wildman–Crippen LogP) is 2.48. The van der Waals surface area contributed by atoms with Crippen molar-refractivity contribution in [3.8, 4) is 5.75 Å². The van der Waals surface area contributed by atoms with Gasteiger partial charge in [-0.3, -0.25) is 4.79 Å². The van der Waals surface area contributed by atoms with Gasteiger partial charge in [0.05, 0.1) is 17.4 Å². The zero-order chi connectivity index (χ0) is 19.7. The maximum absolute atomic E-state index is 12.6. The van der Waals surface area contributed by atoms with Crippen LogP contribution in [-0.2, 0) is 0 Å². The number of nitrogens with one attached hydrogen (secondary N) is 1. The lowest BCUT2D eigenvalue weighted by Gasteiger charge is -2.15. The first-order valence-electron chi connectivity index (χ1n) is 8.31. The summed E-state index contributed by atoms with van der Waals surface area (Å²) in [5, 5.41) is 16.0. The second kappa shape index (κ2) is 7.02. The number of benzene rings is 1. The Morgan fingerprint density at radius 2 is 1.93 bits per heavy atom. The number of carbonyl (C=O) groups excluding carboxylic acids is 1. The molecule has 0 spiro atoms. The average molecular weight is 369 g/mol. The average Bonchev–Trinajstić information content (AvgIpc) is 3.00. The molecule has 0 radical (unpaired) electrons. The van der Waals surface area contributed by atoms with Crippen LogP contribution < -0.4 is 10.1 Å². The fraction of sp³-hybridized carbons (Fsp3) is 0.278. The quantitative estimate of drug-likeness (QED) is 0.709. The first kappa shape index (κ1) is 18.3.